The Morgan fingerprint density at radius 3 is 2.68 bits per heavy atom. The van der Waals surface area contributed by atoms with Crippen molar-refractivity contribution in [2.45, 2.75) is 36.6 Å². The average Bonchev–Trinajstić information content (AvgIpc) is 2.91. The van der Waals surface area contributed by atoms with Gasteiger partial charge in [-0.25, -0.2) is 0 Å². The van der Waals surface area contributed by atoms with Crippen molar-refractivity contribution in [3.63, 3.8) is 0 Å². The molecule has 1 aliphatic carbocycles. The number of nitrogens with zero attached hydrogens (tertiary/aromatic N) is 1. The van der Waals surface area contributed by atoms with Crippen LogP contribution in [0, 0.1) is 0 Å². The number of hydrogen-bond acceptors (Lipinski definition) is 4. The second-order valence-electron chi connectivity index (χ2n) is 7.20. The summed E-state index contributed by atoms with van der Waals surface area (Å²) in [4.78, 5) is 4.49. The van der Waals surface area contributed by atoms with E-state index in [2.05, 4.69) is 22.5 Å². The molecule has 0 saturated carbocycles. The number of hydrogen-bond donors (Lipinski definition) is 2. The summed E-state index contributed by atoms with van der Waals surface area (Å²) >= 11 is 0. The first kappa shape index (κ1) is 20.0. The van der Waals surface area contributed by atoms with Crippen LogP contribution in [0.4, 0.5) is 5.69 Å². The minimum Gasteiger partial charge on any atom is -0.384 e. The Labute approximate surface area is 166 Å². The maximum atomic E-state index is 11.4. The molecule has 0 bridgehead atoms. The summed E-state index contributed by atoms with van der Waals surface area (Å²) in [6.45, 7) is 3.96. The molecule has 2 aliphatic rings. The van der Waals surface area contributed by atoms with Gasteiger partial charge >= 0.3 is 0 Å². The van der Waals surface area contributed by atoms with E-state index in [9.17, 15) is 13.0 Å². The molecule has 0 fully saturated rings. The van der Waals surface area contributed by atoms with E-state index >= 15 is 0 Å². The molecular formula is C22H24N2O3S. The number of allylic oxidation sites excluding steroid dienone is 7. The maximum absolute atomic E-state index is 11.4. The van der Waals surface area contributed by atoms with Crippen LogP contribution in [0.25, 0.3) is 0 Å². The van der Waals surface area contributed by atoms with Gasteiger partial charge in [0, 0.05) is 11.5 Å². The van der Waals surface area contributed by atoms with Gasteiger partial charge in [0.2, 0.25) is 0 Å². The molecule has 146 valence electrons. The van der Waals surface area contributed by atoms with E-state index in [1.807, 2.05) is 62.6 Å². The summed E-state index contributed by atoms with van der Waals surface area (Å²) in [7, 11) is -4.23. The quantitative estimate of drug-likeness (QED) is 0.552. The lowest BCUT2D eigenvalue weighted by atomic mass is 9.81. The summed E-state index contributed by atoms with van der Waals surface area (Å²) < 4.78 is 32.1. The van der Waals surface area contributed by atoms with E-state index < -0.39 is 15.5 Å². The highest BCUT2D eigenvalue weighted by Gasteiger charge is 2.34. The van der Waals surface area contributed by atoms with Crippen molar-refractivity contribution < 1.29 is 13.0 Å². The molecular weight excluding hydrogens is 372 g/mol. The highest BCUT2D eigenvalue weighted by molar-refractivity contribution is 7.85. The molecule has 1 heterocycles. The summed E-state index contributed by atoms with van der Waals surface area (Å²) in [5.41, 5.74) is 1.89. The smallest absolute Gasteiger partial charge is 0.294 e. The van der Waals surface area contributed by atoms with Gasteiger partial charge in [0.05, 0.1) is 16.3 Å². The van der Waals surface area contributed by atoms with Gasteiger partial charge in [-0.05, 0) is 48.5 Å². The molecule has 6 heteroatoms. The minimum absolute atomic E-state index is 0.111. The zero-order valence-electron chi connectivity index (χ0n) is 15.9. The molecule has 2 N–H and O–H groups in total. The van der Waals surface area contributed by atoms with Crippen molar-refractivity contribution in [1.29, 1.82) is 0 Å². The lowest BCUT2D eigenvalue weighted by molar-refractivity contribution is 0.483. The SMILES string of the molecule is CC1(C)C(/C=C/C=C/C=C/NC2C=CC=CC2)=Nc2ccc(S(=O)(=O)O)cc21. The molecule has 0 radical (unpaired) electrons. The molecule has 1 aliphatic heterocycles. The van der Waals surface area contributed by atoms with Crippen molar-refractivity contribution in [2.75, 3.05) is 0 Å². The topological polar surface area (TPSA) is 78.8 Å². The third-order valence-electron chi connectivity index (χ3n) is 4.80. The lowest BCUT2D eigenvalue weighted by Gasteiger charge is -2.20. The van der Waals surface area contributed by atoms with Gasteiger partial charge in [0.25, 0.3) is 10.1 Å². The van der Waals surface area contributed by atoms with Crippen LogP contribution in [0.15, 0.2) is 89.0 Å². The molecule has 28 heavy (non-hydrogen) atoms. The van der Waals surface area contributed by atoms with Crippen LogP contribution in [0.5, 0.6) is 0 Å². The third kappa shape index (κ3) is 4.58. The largest absolute Gasteiger partial charge is 0.384 e. The van der Waals surface area contributed by atoms with Gasteiger partial charge in [-0.2, -0.15) is 8.42 Å². The van der Waals surface area contributed by atoms with E-state index in [0.717, 1.165) is 23.4 Å². The molecule has 1 unspecified atom stereocenters. The van der Waals surface area contributed by atoms with Crippen LogP contribution in [0.3, 0.4) is 0 Å². The molecule has 5 nitrogen and oxygen atoms in total. The second-order valence-corrected chi connectivity index (χ2v) is 8.62. The maximum Gasteiger partial charge on any atom is 0.294 e. The van der Waals surface area contributed by atoms with E-state index in [4.69, 9.17) is 0 Å². The van der Waals surface area contributed by atoms with Gasteiger partial charge in [0.1, 0.15) is 0 Å². The molecule has 3 rings (SSSR count). The number of benzene rings is 1. The predicted molar refractivity (Wildman–Crippen MR) is 114 cm³/mol. The fraction of sp³-hybridized carbons (Fsp3) is 0.227. The first-order valence-corrected chi connectivity index (χ1v) is 10.5. The van der Waals surface area contributed by atoms with Gasteiger partial charge in [-0.3, -0.25) is 9.55 Å². The molecule has 1 atom stereocenters. The molecule has 0 saturated heterocycles. The number of rotatable bonds is 6. The Hall–Kier alpha value is -2.70. The molecule has 1 aromatic carbocycles. The van der Waals surface area contributed by atoms with Gasteiger partial charge in [0.15, 0.2) is 0 Å². The Balaban J connectivity index is 1.62. The first-order valence-electron chi connectivity index (χ1n) is 9.09. The van der Waals surface area contributed by atoms with Crippen LogP contribution in [0.2, 0.25) is 0 Å². The van der Waals surface area contributed by atoms with Crippen LogP contribution < -0.4 is 5.32 Å². The van der Waals surface area contributed by atoms with Crippen LogP contribution in [0.1, 0.15) is 25.8 Å². The summed E-state index contributed by atoms with van der Waals surface area (Å²) in [6, 6.07) is 4.83. The predicted octanol–water partition coefficient (Wildman–Crippen LogP) is 4.40. The van der Waals surface area contributed by atoms with Crippen molar-refractivity contribution in [3.8, 4) is 0 Å². The monoisotopic (exact) mass is 396 g/mol. The van der Waals surface area contributed by atoms with E-state index in [0.29, 0.717) is 6.04 Å². The second kappa shape index (κ2) is 8.12. The zero-order valence-corrected chi connectivity index (χ0v) is 16.7. The third-order valence-corrected chi connectivity index (χ3v) is 5.64. The lowest BCUT2D eigenvalue weighted by Crippen LogP contribution is -2.24. The Morgan fingerprint density at radius 2 is 1.96 bits per heavy atom. The number of nitrogens with one attached hydrogen (secondary N) is 1. The molecule has 0 amide bonds. The van der Waals surface area contributed by atoms with Crippen LogP contribution in [-0.4, -0.2) is 24.7 Å². The Morgan fingerprint density at radius 1 is 1.18 bits per heavy atom. The molecule has 0 spiro atoms. The molecule has 1 aromatic rings. The minimum atomic E-state index is -4.23. The highest BCUT2D eigenvalue weighted by atomic mass is 32.2. The van der Waals surface area contributed by atoms with Gasteiger partial charge in [-0.15, -0.1) is 0 Å². The van der Waals surface area contributed by atoms with E-state index in [1.54, 1.807) is 6.07 Å². The number of aliphatic imine (C=N–C) groups is 1. The van der Waals surface area contributed by atoms with Crippen molar-refractivity contribution >= 4 is 21.5 Å². The summed E-state index contributed by atoms with van der Waals surface area (Å²) in [6.07, 6.45) is 20.8. The van der Waals surface area contributed by atoms with Crippen LogP contribution in [-0.2, 0) is 15.5 Å². The normalized spacial score (nSPS) is 21.0. The molecule has 0 aromatic heterocycles. The average molecular weight is 397 g/mol. The highest BCUT2D eigenvalue weighted by Crippen LogP contribution is 2.41. The van der Waals surface area contributed by atoms with E-state index in [1.165, 1.54) is 12.1 Å². The van der Waals surface area contributed by atoms with Crippen molar-refractivity contribution in [1.82, 2.24) is 5.32 Å². The van der Waals surface area contributed by atoms with Crippen LogP contribution >= 0.6 is 0 Å². The fourth-order valence-corrected chi connectivity index (χ4v) is 3.65. The van der Waals surface area contributed by atoms with Gasteiger partial charge in [-0.1, -0.05) is 56.4 Å². The Kier molecular flexibility index (Phi) is 5.82. The summed E-state index contributed by atoms with van der Waals surface area (Å²) in [5, 5.41) is 3.31. The Bertz CT molecular complexity index is 1030. The summed E-state index contributed by atoms with van der Waals surface area (Å²) in [5.74, 6) is 0. The van der Waals surface area contributed by atoms with Crippen molar-refractivity contribution in [2.24, 2.45) is 4.99 Å². The zero-order chi connectivity index (χ0) is 20.2. The number of fused-ring (bicyclic) bond motifs is 1. The van der Waals surface area contributed by atoms with Crippen molar-refractivity contribution in [3.05, 3.63) is 84.6 Å². The van der Waals surface area contributed by atoms with E-state index in [-0.39, 0.29) is 4.90 Å². The fourth-order valence-electron chi connectivity index (χ4n) is 3.14. The van der Waals surface area contributed by atoms with Gasteiger partial charge < -0.3 is 5.32 Å². The first-order chi connectivity index (χ1) is 13.3. The standard InChI is InChI=1S/C22H24N2O3S/c1-22(2)19-16-18(28(25,26)27)13-14-20(19)24-21(22)12-8-3-4-9-15-23-17-10-6-5-7-11-17/h3-10,12-17,23H,11H2,1-2H3,(H,25,26,27)/b4-3+,12-8+,15-9+.